The number of benzene rings is 2. The number of hydrogen-bond donors (Lipinski definition) is 0. The van der Waals surface area contributed by atoms with Crippen LogP contribution < -0.4 is 9.47 Å². The second kappa shape index (κ2) is 15.7. The van der Waals surface area contributed by atoms with Crippen molar-refractivity contribution < 1.29 is 13.9 Å². The van der Waals surface area contributed by atoms with Gasteiger partial charge in [-0.3, -0.25) is 0 Å². The molecule has 31 heavy (non-hydrogen) atoms. The van der Waals surface area contributed by atoms with Crippen LogP contribution in [0.2, 0.25) is 0 Å². The molecular formula is C28H41FO2. The molecule has 2 rings (SSSR count). The minimum Gasteiger partial charge on any atom is -0.494 e. The van der Waals surface area contributed by atoms with Crippen LogP contribution in [0, 0.1) is 0 Å². The van der Waals surface area contributed by atoms with Gasteiger partial charge in [-0.2, -0.15) is 0 Å². The van der Waals surface area contributed by atoms with Gasteiger partial charge in [-0.05, 0) is 48.2 Å². The minimum absolute atomic E-state index is 0.135. The highest BCUT2D eigenvalue weighted by Crippen LogP contribution is 2.25. The molecule has 0 bridgehead atoms. The van der Waals surface area contributed by atoms with Gasteiger partial charge in [0.25, 0.3) is 0 Å². The average Bonchev–Trinajstić information content (AvgIpc) is 2.81. The van der Waals surface area contributed by atoms with Gasteiger partial charge in [0.1, 0.15) is 24.3 Å². The molecule has 3 heteroatoms. The summed E-state index contributed by atoms with van der Waals surface area (Å²) in [6.07, 6.45) is 11.7. The number of hydrogen-bond acceptors (Lipinski definition) is 2. The molecule has 0 spiro atoms. The average molecular weight is 429 g/mol. The maximum atomic E-state index is 13.9. The van der Waals surface area contributed by atoms with Crippen molar-refractivity contribution in [2.24, 2.45) is 0 Å². The van der Waals surface area contributed by atoms with Crippen molar-refractivity contribution in [1.29, 1.82) is 0 Å². The Bertz CT molecular complexity index is 681. The van der Waals surface area contributed by atoms with Crippen molar-refractivity contribution in [3.05, 3.63) is 48.5 Å². The molecule has 0 saturated heterocycles. The summed E-state index contributed by atoms with van der Waals surface area (Å²) in [6.45, 7) is 5.33. The Balaban J connectivity index is 1.69. The van der Waals surface area contributed by atoms with Crippen molar-refractivity contribution in [3.8, 4) is 22.6 Å². The zero-order valence-electron chi connectivity index (χ0n) is 19.6. The van der Waals surface area contributed by atoms with Crippen LogP contribution in [-0.4, -0.2) is 19.4 Å². The first-order chi connectivity index (χ1) is 15.2. The molecule has 0 aromatic heterocycles. The van der Waals surface area contributed by atoms with Crippen LogP contribution in [0.5, 0.6) is 11.5 Å². The number of ether oxygens (including phenoxy) is 2. The molecule has 2 nitrogen and oxygen atoms in total. The fourth-order valence-electron chi connectivity index (χ4n) is 3.62. The largest absolute Gasteiger partial charge is 0.494 e. The van der Waals surface area contributed by atoms with E-state index in [1.54, 1.807) is 0 Å². The monoisotopic (exact) mass is 428 g/mol. The van der Waals surface area contributed by atoms with Gasteiger partial charge < -0.3 is 9.47 Å². The number of alkyl halides is 1. The van der Waals surface area contributed by atoms with Gasteiger partial charge in [-0.15, -0.1) is 0 Å². The molecule has 0 amide bonds. The number of rotatable bonds is 17. The fraction of sp³-hybridized carbons (Fsp3) is 0.571. The lowest BCUT2D eigenvalue weighted by Crippen LogP contribution is -2.12. The van der Waals surface area contributed by atoms with Crippen molar-refractivity contribution >= 4 is 0 Å². The lowest BCUT2D eigenvalue weighted by molar-refractivity contribution is 0.184. The highest BCUT2D eigenvalue weighted by molar-refractivity contribution is 5.64. The van der Waals surface area contributed by atoms with Crippen LogP contribution in [0.3, 0.4) is 0 Å². The van der Waals surface area contributed by atoms with E-state index in [0.717, 1.165) is 48.5 Å². The molecule has 2 aromatic carbocycles. The van der Waals surface area contributed by atoms with Crippen LogP contribution in [0.15, 0.2) is 48.5 Å². The summed E-state index contributed by atoms with van der Waals surface area (Å²) in [4.78, 5) is 0. The van der Waals surface area contributed by atoms with E-state index in [-0.39, 0.29) is 6.61 Å². The smallest absolute Gasteiger partial charge is 0.134 e. The molecule has 0 fully saturated rings. The van der Waals surface area contributed by atoms with Crippen molar-refractivity contribution in [2.75, 3.05) is 13.2 Å². The normalized spacial score (nSPS) is 12.0. The number of halogens is 1. The fourth-order valence-corrected chi connectivity index (χ4v) is 3.62. The first-order valence-electron chi connectivity index (χ1n) is 12.3. The van der Waals surface area contributed by atoms with Gasteiger partial charge in [0.15, 0.2) is 0 Å². The molecule has 0 aliphatic rings. The summed E-state index contributed by atoms with van der Waals surface area (Å²) in [5.41, 5.74) is 2.25. The highest BCUT2D eigenvalue weighted by atomic mass is 19.1. The predicted octanol–water partition coefficient (Wildman–Crippen LogP) is 8.78. The van der Waals surface area contributed by atoms with Crippen LogP contribution in [-0.2, 0) is 0 Å². The summed E-state index contributed by atoms with van der Waals surface area (Å²) in [5.74, 6) is 1.64. The predicted molar refractivity (Wildman–Crippen MR) is 130 cm³/mol. The van der Waals surface area contributed by atoms with E-state index in [2.05, 4.69) is 26.0 Å². The molecule has 0 unspecified atom stereocenters. The summed E-state index contributed by atoms with van der Waals surface area (Å²) in [7, 11) is 0. The van der Waals surface area contributed by atoms with Gasteiger partial charge in [0, 0.05) is 0 Å². The van der Waals surface area contributed by atoms with Crippen LogP contribution in [0.1, 0.15) is 84.5 Å². The minimum atomic E-state index is -0.889. The Morgan fingerprint density at radius 2 is 1.10 bits per heavy atom. The molecule has 2 aromatic rings. The molecule has 0 radical (unpaired) electrons. The lowest BCUT2D eigenvalue weighted by atomic mass is 10.1. The maximum absolute atomic E-state index is 13.9. The van der Waals surface area contributed by atoms with Gasteiger partial charge in [0.05, 0.1) is 6.61 Å². The highest BCUT2D eigenvalue weighted by Gasteiger charge is 2.07. The Morgan fingerprint density at radius 3 is 1.68 bits per heavy atom. The van der Waals surface area contributed by atoms with Crippen molar-refractivity contribution in [3.63, 3.8) is 0 Å². The third-order valence-corrected chi connectivity index (χ3v) is 5.61. The topological polar surface area (TPSA) is 18.5 Å². The van der Waals surface area contributed by atoms with Crippen LogP contribution in [0.4, 0.5) is 4.39 Å². The third-order valence-electron chi connectivity index (χ3n) is 5.61. The Hall–Kier alpha value is -2.03. The SMILES string of the molecule is CCCCCCCCOc1ccc(-c2ccc(OC[C@@H](F)CCCCCC)cc2)cc1. The van der Waals surface area contributed by atoms with E-state index in [0.29, 0.717) is 6.42 Å². The zero-order chi connectivity index (χ0) is 22.2. The second-order valence-electron chi connectivity index (χ2n) is 8.42. The summed E-state index contributed by atoms with van der Waals surface area (Å²) < 4.78 is 25.4. The third kappa shape index (κ3) is 10.7. The molecule has 172 valence electrons. The van der Waals surface area contributed by atoms with E-state index in [1.807, 2.05) is 36.4 Å². The standard InChI is InChI=1S/C28H41FO2/c1-3-5-7-9-10-12-22-30-27-18-14-24(15-19-27)25-16-20-28(21-17-25)31-23-26(29)13-11-8-6-4-2/h14-21,26H,3-13,22-23H2,1-2H3/t26-/m0/s1. The first kappa shape index (κ1) is 25.2. The summed E-state index contributed by atoms with van der Waals surface area (Å²) >= 11 is 0. The van der Waals surface area contributed by atoms with E-state index in [9.17, 15) is 4.39 Å². The van der Waals surface area contributed by atoms with Crippen LogP contribution >= 0.6 is 0 Å². The van der Waals surface area contributed by atoms with E-state index in [4.69, 9.17) is 9.47 Å². The number of unbranched alkanes of at least 4 members (excludes halogenated alkanes) is 8. The zero-order valence-corrected chi connectivity index (χ0v) is 19.6. The lowest BCUT2D eigenvalue weighted by Gasteiger charge is -2.11. The summed E-state index contributed by atoms with van der Waals surface area (Å²) in [6, 6.07) is 16.1. The molecule has 0 saturated carbocycles. The van der Waals surface area contributed by atoms with E-state index in [1.165, 1.54) is 44.9 Å². The van der Waals surface area contributed by atoms with Crippen molar-refractivity contribution in [2.45, 2.75) is 90.6 Å². The van der Waals surface area contributed by atoms with E-state index >= 15 is 0 Å². The van der Waals surface area contributed by atoms with E-state index < -0.39 is 6.17 Å². The second-order valence-corrected chi connectivity index (χ2v) is 8.42. The quantitative estimate of drug-likeness (QED) is 0.234. The molecular weight excluding hydrogens is 387 g/mol. The van der Waals surface area contributed by atoms with Gasteiger partial charge in [0.2, 0.25) is 0 Å². The first-order valence-corrected chi connectivity index (χ1v) is 12.3. The molecule has 0 aliphatic heterocycles. The molecule has 1 atom stereocenters. The Morgan fingerprint density at radius 1 is 0.613 bits per heavy atom. The Labute approximate surface area is 189 Å². The Kier molecular flexibility index (Phi) is 12.8. The van der Waals surface area contributed by atoms with Gasteiger partial charge >= 0.3 is 0 Å². The molecule has 0 aliphatic carbocycles. The van der Waals surface area contributed by atoms with Crippen LogP contribution in [0.25, 0.3) is 11.1 Å². The summed E-state index contributed by atoms with van der Waals surface area (Å²) in [5, 5.41) is 0. The maximum Gasteiger partial charge on any atom is 0.134 e. The molecule has 0 heterocycles. The molecule has 0 N–H and O–H groups in total. The van der Waals surface area contributed by atoms with Gasteiger partial charge in [-0.25, -0.2) is 4.39 Å². The van der Waals surface area contributed by atoms with Gasteiger partial charge in [-0.1, -0.05) is 95.9 Å². The van der Waals surface area contributed by atoms with Crippen molar-refractivity contribution in [1.82, 2.24) is 0 Å².